The number of carbonyl (C=O) groups is 2. The summed E-state index contributed by atoms with van der Waals surface area (Å²) in [5.41, 5.74) is 3.16. The van der Waals surface area contributed by atoms with Crippen LogP contribution in [0.5, 0.6) is 11.5 Å². The van der Waals surface area contributed by atoms with E-state index in [0.717, 1.165) is 50.4 Å². The Balaban J connectivity index is 1.38. The molecular weight excluding hydrogens is 434 g/mol. The maximum Gasteiger partial charge on any atom is 0.278 e. The number of ether oxygens (including phenoxy) is 3. The van der Waals surface area contributed by atoms with Crippen molar-refractivity contribution in [3.63, 3.8) is 0 Å². The molecule has 5 rings (SSSR count). The summed E-state index contributed by atoms with van der Waals surface area (Å²) in [6.45, 7) is 7.39. The first-order valence-electron chi connectivity index (χ1n) is 11.7. The van der Waals surface area contributed by atoms with Gasteiger partial charge in [-0.15, -0.1) is 0 Å². The lowest BCUT2D eigenvalue weighted by Crippen LogP contribution is -2.39. The zero-order valence-corrected chi connectivity index (χ0v) is 19.3. The van der Waals surface area contributed by atoms with E-state index < -0.39 is 0 Å². The number of aryl methyl sites for hydroxylation is 1. The van der Waals surface area contributed by atoms with Gasteiger partial charge in [-0.25, -0.2) is 0 Å². The van der Waals surface area contributed by atoms with Crippen LogP contribution in [0.25, 0.3) is 5.57 Å². The van der Waals surface area contributed by atoms with Crippen molar-refractivity contribution in [3.05, 3.63) is 59.3 Å². The summed E-state index contributed by atoms with van der Waals surface area (Å²) in [4.78, 5) is 30.5. The van der Waals surface area contributed by atoms with Crippen LogP contribution in [0.1, 0.15) is 17.5 Å². The Kier molecular flexibility index (Phi) is 6.51. The van der Waals surface area contributed by atoms with Crippen LogP contribution in [-0.2, 0) is 14.3 Å². The first-order valence-corrected chi connectivity index (χ1v) is 11.7. The fraction of sp³-hybridized carbons (Fsp3) is 0.385. The van der Waals surface area contributed by atoms with E-state index in [1.54, 1.807) is 6.07 Å². The molecule has 1 fully saturated rings. The minimum atomic E-state index is -0.308. The molecule has 0 radical (unpaired) electrons. The molecule has 0 saturated carbocycles. The van der Waals surface area contributed by atoms with Gasteiger partial charge < -0.3 is 19.5 Å². The fourth-order valence-corrected chi connectivity index (χ4v) is 4.43. The molecule has 178 valence electrons. The molecule has 0 aliphatic carbocycles. The van der Waals surface area contributed by atoms with Crippen molar-refractivity contribution in [1.29, 1.82) is 0 Å². The maximum absolute atomic E-state index is 13.4. The second-order valence-corrected chi connectivity index (χ2v) is 8.67. The highest BCUT2D eigenvalue weighted by atomic mass is 16.6. The Morgan fingerprint density at radius 3 is 2.35 bits per heavy atom. The third-order valence-electron chi connectivity index (χ3n) is 6.28. The monoisotopic (exact) mass is 463 g/mol. The van der Waals surface area contributed by atoms with E-state index in [4.69, 9.17) is 14.2 Å². The van der Waals surface area contributed by atoms with E-state index in [9.17, 15) is 9.59 Å². The van der Waals surface area contributed by atoms with Gasteiger partial charge in [-0.05, 0) is 31.0 Å². The van der Waals surface area contributed by atoms with Crippen LogP contribution in [0.3, 0.4) is 0 Å². The van der Waals surface area contributed by atoms with Crippen molar-refractivity contribution in [3.8, 4) is 11.5 Å². The number of imide groups is 1. The molecule has 8 nitrogen and oxygen atoms in total. The molecule has 0 unspecified atom stereocenters. The van der Waals surface area contributed by atoms with E-state index in [0.29, 0.717) is 42.5 Å². The molecule has 2 amide bonds. The SMILES string of the molecule is Cc1ccc(C2=C(Nc3ccc4c(c3)OCCO4)C(=O)N(CCCN3CCOCC3)C2=O)cc1. The number of nitrogens with one attached hydrogen (secondary N) is 1. The molecule has 1 saturated heterocycles. The normalized spacial score (nSPS) is 18.6. The minimum absolute atomic E-state index is 0.268. The van der Waals surface area contributed by atoms with Gasteiger partial charge in [0.05, 0.1) is 18.8 Å². The van der Waals surface area contributed by atoms with Crippen LogP contribution in [0.4, 0.5) is 5.69 Å². The third kappa shape index (κ3) is 4.64. The molecule has 2 aromatic carbocycles. The molecule has 0 aromatic heterocycles. The Hall–Kier alpha value is -3.36. The molecule has 0 spiro atoms. The number of fused-ring (bicyclic) bond motifs is 1. The van der Waals surface area contributed by atoms with Gasteiger partial charge in [0.15, 0.2) is 11.5 Å². The summed E-state index contributed by atoms with van der Waals surface area (Å²) in [7, 11) is 0. The predicted octanol–water partition coefficient (Wildman–Crippen LogP) is 2.68. The van der Waals surface area contributed by atoms with Crippen LogP contribution in [0, 0.1) is 6.92 Å². The van der Waals surface area contributed by atoms with Gasteiger partial charge in [0.25, 0.3) is 11.8 Å². The minimum Gasteiger partial charge on any atom is -0.486 e. The standard InChI is InChI=1S/C26H29N3O5/c1-18-3-5-19(6-4-18)23-24(27-20-7-8-21-22(17-20)34-16-15-33-21)26(31)29(25(23)30)10-2-9-28-11-13-32-14-12-28/h3-8,17,27H,2,9-16H2,1H3. The molecule has 3 aliphatic heterocycles. The van der Waals surface area contributed by atoms with E-state index in [2.05, 4.69) is 10.2 Å². The number of morpholine rings is 1. The summed E-state index contributed by atoms with van der Waals surface area (Å²) < 4.78 is 16.7. The first-order chi connectivity index (χ1) is 16.6. The van der Waals surface area contributed by atoms with Gasteiger partial charge in [-0.2, -0.15) is 0 Å². The number of hydrogen-bond donors (Lipinski definition) is 1. The fourth-order valence-electron chi connectivity index (χ4n) is 4.43. The van der Waals surface area contributed by atoms with Crippen molar-refractivity contribution in [2.45, 2.75) is 13.3 Å². The van der Waals surface area contributed by atoms with Gasteiger partial charge in [0, 0.05) is 37.9 Å². The zero-order chi connectivity index (χ0) is 23.5. The second kappa shape index (κ2) is 9.87. The van der Waals surface area contributed by atoms with Crippen LogP contribution >= 0.6 is 0 Å². The topological polar surface area (TPSA) is 80.3 Å². The summed E-state index contributed by atoms with van der Waals surface area (Å²) >= 11 is 0. The van der Waals surface area contributed by atoms with Gasteiger partial charge in [-0.1, -0.05) is 29.8 Å². The summed E-state index contributed by atoms with van der Waals surface area (Å²) in [5, 5.41) is 3.21. The zero-order valence-electron chi connectivity index (χ0n) is 19.3. The van der Waals surface area contributed by atoms with Gasteiger partial charge in [0.1, 0.15) is 18.9 Å². The van der Waals surface area contributed by atoms with E-state index in [1.807, 2.05) is 43.3 Å². The summed E-state index contributed by atoms with van der Waals surface area (Å²) in [6, 6.07) is 13.1. The number of carbonyl (C=O) groups excluding carboxylic acids is 2. The van der Waals surface area contributed by atoms with E-state index in [-0.39, 0.29) is 17.5 Å². The quantitative estimate of drug-likeness (QED) is 0.633. The molecule has 3 heterocycles. The lowest BCUT2D eigenvalue weighted by Gasteiger charge is -2.27. The lowest BCUT2D eigenvalue weighted by atomic mass is 10.0. The lowest BCUT2D eigenvalue weighted by molar-refractivity contribution is -0.136. The highest BCUT2D eigenvalue weighted by molar-refractivity contribution is 6.36. The number of rotatable bonds is 7. The van der Waals surface area contributed by atoms with E-state index in [1.165, 1.54) is 4.90 Å². The molecule has 3 aliphatic rings. The van der Waals surface area contributed by atoms with Crippen LogP contribution in [-0.4, -0.2) is 74.2 Å². The average Bonchev–Trinajstić information content (AvgIpc) is 3.09. The number of nitrogens with zero attached hydrogens (tertiary/aromatic N) is 2. The van der Waals surface area contributed by atoms with Crippen LogP contribution in [0.2, 0.25) is 0 Å². The number of anilines is 1. The molecule has 2 aromatic rings. The third-order valence-corrected chi connectivity index (χ3v) is 6.28. The number of amides is 2. The Morgan fingerprint density at radius 1 is 0.853 bits per heavy atom. The first kappa shape index (κ1) is 22.4. The average molecular weight is 464 g/mol. The van der Waals surface area contributed by atoms with Crippen LogP contribution < -0.4 is 14.8 Å². The highest BCUT2D eigenvalue weighted by Gasteiger charge is 2.39. The van der Waals surface area contributed by atoms with Crippen molar-refractivity contribution >= 4 is 23.1 Å². The van der Waals surface area contributed by atoms with Crippen molar-refractivity contribution in [2.75, 3.05) is 57.9 Å². The maximum atomic E-state index is 13.4. The van der Waals surface area contributed by atoms with Gasteiger partial charge in [-0.3, -0.25) is 19.4 Å². The van der Waals surface area contributed by atoms with Crippen molar-refractivity contribution < 1.29 is 23.8 Å². The molecule has 34 heavy (non-hydrogen) atoms. The summed E-state index contributed by atoms with van der Waals surface area (Å²) in [6.07, 6.45) is 0.718. The Labute approximate surface area is 199 Å². The molecular formula is C26H29N3O5. The van der Waals surface area contributed by atoms with Gasteiger partial charge >= 0.3 is 0 Å². The van der Waals surface area contributed by atoms with Crippen molar-refractivity contribution in [2.24, 2.45) is 0 Å². The summed E-state index contributed by atoms with van der Waals surface area (Å²) in [5.74, 6) is 0.712. The second-order valence-electron chi connectivity index (χ2n) is 8.67. The smallest absolute Gasteiger partial charge is 0.278 e. The Morgan fingerprint density at radius 2 is 1.59 bits per heavy atom. The molecule has 0 atom stereocenters. The van der Waals surface area contributed by atoms with Gasteiger partial charge in [0.2, 0.25) is 0 Å². The molecule has 8 heteroatoms. The number of benzene rings is 2. The molecule has 1 N–H and O–H groups in total. The van der Waals surface area contributed by atoms with Crippen LogP contribution in [0.15, 0.2) is 48.2 Å². The predicted molar refractivity (Wildman–Crippen MR) is 128 cm³/mol. The number of hydrogen-bond acceptors (Lipinski definition) is 7. The van der Waals surface area contributed by atoms with Crippen molar-refractivity contribution in [1.82, 2.24) is 9.80 Å². The van der Waals surface area contributed by atoms with E-state index >= 15 is 0 Å². The largest absolute Gasteiger partial charge is 0.486 e. The Bertz CT molecular complexity index is 1110. The highest BCUT2D eigenvalue weighted by Crippen LogP contribution is 2.35. The molecule has 0 bridgehead atoms.